The maximum atomic E-state index is 12.5. The van der Waals surface area contributed by atoms with Gasteiger partial charge in [0, 0.05) is 6.54 Å². The molecule has 0 aliphatic carbocycles. The molecular weight excluding hydrogens is 238 g/mol. The number of hydrogen-bond donors (Lipinski definition) is 0. The number of nitrogens with zero attached hydrogens (tertiary/aromatic N) is 1. The SMILES string of the molecule is Cc1cc(C(=O)N2CCCC2c2ccccc2)co1. The maximum absolute atomic E-state index is 12.5. The summed E-state index contributed by atoms with van der Waals surface area (Å²) < 4.78 is 5.24. The highest BCUT2D eigenvalue weighted by Gasteiger charge is 2.30. The van der Waals surface area contributed by atoms with Gasteiger partial charge in [-0.15, -0.1) is 0 Å². The van der Waals surface area contributed by atoms with Gasteiger partial charge in [0.15, 0.2) is 0 Å². The molecule has 1 aromatic carbocycles. The summed E-state index contributed by atoms with van der Waals surface area (Å²) in [6, 6.07) is 12.3. The first-order chi connectivity index (χ1) is 9.25. The third-order valence-corrected chi connectivity index (χ3v) is 3.68. The molecule has 1 aromatic heterocycles. The standard InChI is InChI=1S/C16H17NO2/c1-12-10-14(11-19-12)16(18)17-9-5-8-15(17)13-6-3-2-4-7-13/h2-4,6-7,10-11,15H,5,8-9H2,1H3. The number of aryl methyl sites for hydroxylation is 1. The molecule has 19 heavy (non-hydrogen) atoms. The number of benzene rings is 1. The summed E-state index contributed by atoms with van der Waals surface area (Å²) in [5.74, 6) is 0.849. The summed E-state index contributed by atoms with van der Waals surface area (Å²) in [5.41, 5.74) is 1.87. The molecule has 1 unspecified atom stereocenters. The zero-order valence-corrected chi connectivity index (χ0v) is 11.0. The third-order valence-electron chi connectivity index (χ3n) is 3.68. The number of rotatable bonds is 2. The summed E-state index contributed by atoms with van der Waals surface area (Å²) in [6.07, 6.45) is 3.65. The molecule has 2 heterocycles. The molecule has 0 radical (unpaired) electrons. The van der Waals surface area contributed by atoms with Gasteiger partial charge in [-0.3, -0.25) is 4.79 Å². The largest absolute Gasteiger partial charge is 0.469 e. The van der Waals surface area contributed by atoms with Crippen molar-refractivity contribution in [3.8, 4) is 0 Å². The zero-order chi connectivity index (χ0) is 13.2. The zero-order valence-electron chi connectivity index (χ0n) is 11.0. The fourth-order valence-corrected chi connectivity index (χ4v) is 2.75. The number of carbonyl (C=O) groups excluding carboxylic acids is 1. The van der Waals surface area contributed by atoms with Crippen molar-refractivity contribution in [2.24, 2.45) is 0 Å². The van der Waals surface area contributed by atoms with Crippen molar-refractivity contribution in [3.63, 3.8) is 0 Å². The minimum absolute atomic E-state index is 0.0724. The lowest BCUT2D eigenvalue weighted by atomic mass is 10.0. The normalized spacial score (nSPS) is 18.8. The van der Waals surface area contributed by atoms with E-state index in [1.54, 1.807) is 6.26 Å². The van der Waals surface area contributed by atoms with Gasteiger partial charge in [-0.25, -0.2) is 0 Å². The van der Waals surface area contributed by atoms with Crippen molar-refractivity contribution in [1.82, 2.24) is 4.90 Å². The summed E-state index contributed by atoms with van der Waals surface area (Å²) in [5, 5.41) is 0. The van der Waals surface area contributed by atoms with Crippen molar-refractivity contribution >= 4 is 5.91 Å². The van der Waals surface area contributed by atoms with Gasteiger partial charge in [0.2, 0.25) is 0 Å². The van der Waals surface area contributed by atoms with Crippen LogP contribution in [-0.4, -0.2) is 17.4 Å². The van der Waals surface area contributed by atoms with E-state index in [0.717, 1.165) is 25.1 Å². The first kappa shape index (κ1) is 12.0. The summed E-state index contributed by atoms with van der Waals surface area (Å²) in [6.45, 7) is 2.68. The summed E-state index contributed by atoms with van der Waals surface area (Å²) >= 11 is 0. The van der Waals surface area contributed by atoms with Crippen LogP contribution in [0.1, 0.15) is 40.6 Å². The Morgan fingerprint density at radius 1 is 1.32 bits per heavy atom. The molecule has 0 N–H and O–H groups in total. The van der Waals surface area contributed by atoms with E-state index < -0.39 is 0 Å². The molecule has 98 valence electrons. The first-order valence-corrected chi connectivity index (χ1v) is 6.67. The lowest BCUT2D eigenvalue weighted by molar-refractivity contribution is 0.0735. The van der Waals surface area contributed by atoms with Crippen LogP contribution < -0.4 is 0 Å². The predicted molar refractivity (Wildman–Crippen MR) is 72.9 cm³/mol. The second-order valence-electron chi connectivity index (χ2n) is 5.01. The molecular formula is C16H17NO2. The molecule has 1 aliphatic heterocycles. The van der Waals surface area contributed by atoms with Crippen molar-refractivity contribution in [3.05, 3.63) is 59.5 Å². The van der Waals surface area contributed by atoms with Crippen LogP contribution in [0, 0.1) is 6.92 Å². The number of carbonyl (C=O) groups is 1. The van der Waals surface area contributed by atoms with Gasteiger partial charge < -0.3 is 9.32 Å². The van der Waals surface area contributed by atoms with Crippen LogP contribution in [0.25, 0.3) is 0 Å². The highest BCUT2D eigenvalue weighted by molar-refractivity contribution is 5.94. The second-order valence-corrected chi connectivity index (χ2v) is 5.01. The molecule has 1 saturated heterocycles. The highest BCUT2D eigenvalue weighted by Crippen LogP contribution is 2.33. The van der Waals surface area contributed by atoms with E-state index >= 15 is 0 Å². The van der Waals surface area contributed by atoms with Crippen LogP contribution in [0.15, 0.2) is 47.1 Å². The van der Waals surface area contributed by atoms with E-state index in [4.69, 9.17) is 4.42 Å². The van der Waals surface area contributed by atoms with E-state index in [1.807, 2.05) is 36.1 Å². The predicted octanol–water partition coefficient (Wildman–Crippen LogP) is 3.57. The van der Waals surface area contributed by atoms with Gasteiger partial charge in [-0.1, -0.05) is 30.3 Å². The minimum Gasteiger partial charge on any atom is -0.469 e. The van der Waals surface area contributed by atoms with E-state index in [0.29, 0.717) is 5.56 Å². The van der Waals surface area contributed by atoms with Crippen LogP contribution in [-0.2, 0) is 0 Å². The lowest BCUT2D eigenvalue weighted by Gasteiger charge is -2.24. The van der Waals surface area contributed by atoms with Crippen molar-refractivity contribution < 1.29 is 9.21 Å². The van der Waals surface area contributed by atoms with Crippen molar-refractivity contribution in [1.29, 1.82) is 0 Å². The van der Waals surface area contributed by atoms with Crippen LogP contribution in [0.5, 0.6) is 0 Å². The van der Waals surface area contributed by atoms with Crippen LogP contribution in [0.2, 0.25) is 0 Å². The number of likely N-dealkylation sites (tertiary alicyclic amines) is 1. The number of furan rings is 1. The Hall–Kier alpha value is -2.03. The van der Waals surface area contributed by atoms with Gasteiger partial charge in [0.05, 0.1) is 11.6 Å². The highest BCUT2D eigenvalue weighted by atomic mass is 16.3. The van der Waals surface area contributed by atoms with E-state index in [-0.39, 0.29) is 11.9 Å². The van der Waals surface area contributed by atoms with Crippen molar-refractivity contribution in [2.45, 2.75) is 25.8 Å². The Labute approximate surface area is 112 Å². The maximum Gasteiger partial charge on any atom is 0.257 e. The molecule has 2 aromatic rings. The molecule has 0 spiro atoms. The topological polar surface area (TPSA) is 33.5 Å². The Morgan fingerprint density at radius 2 is 2.11 bits per heavy atom. The summed E-state index contributed by atoms with van der Waals surface area (Å²) in [4.78, 5) is 14.5. The molecule has 1 fully saturated rings. The molecule has 1 atom stereocenters. The van der Waals surface area contributed by atoms with Gasteiger partial charge in [-0.2, -0.15) is 0 Å². The molecule has 3 heteroatoms. The molecule has 3 rings (SSSR count). The third kappa shape index (κ3) is 2.28. The fraction of sp³-hybridized carbons (Fsp3) is 0.312. The smallest absolute Gasteiger partial charge is 0.257 e. The fourth-order valence-electron chi connectivity index (χ4n) is 2.75. The Bertz CT molecular complexity index is 573. The van der Waals surface area contributed by atoms with Gasteiger partial charge in [0.1, 0.15) is 12.0 Å². The average molecular weight is 255 g/mol. The summed E-state index contributed by atoms with van der Waals surface area (Å²) in [7, 11) is 0. The molecule has 0 saturated carbocycles. The Morgan fingerprint density at radius 3 is 2.79 bits per heavy atom. The van der Waals surface area contributed by atoms with E-state index in [2.05, 4.69) is 12.1 Å². The van der Waals surface area contributed by atoms with Gasteiger partial charge in [0.25, 0.3) is 5.91 Å². The van der Waals surface area contributed by atoms with Crippen LogP contribution in [0.4, 0.5) is 0 Å². The van der Waals surface area contributed by atoms with E-state index in [1.165, 1.54) is 5.56 Å². The number of hydrogen-bond acceptors (Lipinski definition) is 2. The second kappa shape index (κ2) is 4.92. The van der Waals surface area contributed by atoms with Crippen LogP contribution >= 0.6 is 0 Å². The average Bonchev–Trinajstić information content (AvgIpc) is 3.07. The van der Waals surface area contributed by atoms with Crippen LogP contribution in [0.3, 0.4) is 0 Å². The lowest BCUT2D eigenvalue weighted by Crippen LogP contribution is -2.30. The molecule has 1 amide bonds. The molecule has 3 nitrogen and oxygen atoms in total. The molecule has 1 aliphatic rings. The minimum atomic E-state index is 0.0724. The quantitative estimate of drug-likeness (QED) is 0.822. The Balaban J connectivity index is 1.86. The molecule has 0 bridgehead atoms. The Kier molecular flexibility index (Phi) is 3.11. The number of amides is 1. The van der Waals surface area contributed by atoms with Crippen molar-refractivity contribution in [2.75, 3.05) is 6.54 Å². The van der Waals surface area contributed by atoms with E-state index in [9.17, 15) is 4.79 Å². The monoisotopic (exact) mass is 255 g/mol. The first-order valence-electron chi connectivity index (χ1n) is 6.67. The van der Waals surface area contributed by atoms with Gasteiger partial charge >= 0.3 is 0 Å². The van der Waals surface area contributed by atoms with Gasteiger partial charge in [-0.05, 0) is 31.4 Å².